The molecule has 4 aromatic rings. The number of hydrogen-bond acceptors (Lipinski definition) is 3. The molecule has 3 nitrogen and oxygen atoms in total. The van der Waals surface area contributed by atoms with Crippen molar-refractivity contribution in [3.8, 4) is 11.3 Å². The number of aromatic nitrogens is 1. The van der Waals surface area contributed by atoms with E-state index in [2.05, 4.69) is 110 Å². The summed E-state index contributed by atoms with van der Waals surface area (Å²) in [6.45, 7) is 7.91. The second kappa shape index (κ2) is 8.88. The summed E-state index contributed by atoms with van der Waals surface area (Å²) in [7, 11) is 0. The van der Waals surface area contributed by atoms with Crippen molar-refractivity contribution in [1.29, 1.82) is 0 Å². The van der Waals surface area contributed by atoms with Crippen LogP contribution in [-0.2, 0) is 6.42 Å². The molecule has 0 radical (unpaired) electrons. The average Bonchev–Trinajstić information content (AvgIpc) is 3.03. The minimum absolute atomic E-state index is 0.0118. The standard InChI is InChI=1S/C32H33N3/c1-20(2)23-14-7-15-25-21(3)24-12-4-5-13-26(24)32(35-31(23)25)29-18-8-17-28(34-29)27-16-6-10-22-11-9-19-33-30(22)27/h4-8,10,12-18,20-21,32-33,35H,9,11,19H2,1-3H3/t21-,32?/m1/s1. The molecule has 176 valence electrons. The molecule has 0 amide bonds. The predicted molar refractivity (Wildman–Crippen MR) is 146 cm³/mol. The number of hydrogen-bond donors (Lipinski definition) is 2. The maximum Gasteiger partial charge on any atom is 0.0943 e. The van der Waals surface area contributed by atoms with Gasteiger partial charge in [-0.3, -0.25) is 4.98 Å². The van der Waals surface area contributed by atoms with E-state index in [1.165, 1.54) is 51.2 Å². The highest BCUT2D eigenvalue weighted by Crippen LogP contribution is 2.44. The molecule has 2 aliphatic rings. The summed E-state index contributed by atoms with van der Waals surface area (Å²) in [5, 5.41) is 7.61. The second-order valence-corrected chi connectivity index (χ2v) is 10.2. The maximum atomic E-state index is 5.29. The Hall–Kier alpha value is -3.59. The smallest absolute Gasteiger partial charge is 0.0943 e. The van der Waals surface area contributed by atoms with E-state index in [0.29, 0.717) is 11.8 Å². The lowest BCUT2D eigenvalue weighted by Gasteiger charge is -2.24. The molecule has 0 fully saturated rings. The van der Waals surface area contributed by atoms with Crippen LogP contribution in [-0.4, -0.2) is 11.5 Å². The third-order valence-corrected chi connectivity index (χ3v) is 7.70. The summed E-state index contributed by atoms with van der Waals surface area (Å²) in [6, 6.07) is 28.7. The van der Waals surface area contributed by atoms with Crippen LogP contribution < -0.4 is 10.6 Å². The zero-order chi connectivity index (χ0) is 23.9. The van der Waals surface area contributed by atoms with E-state index in [4.69, 9.17) is 4.98 Å². The van der Waals surface area contributed by atoms with Gasteiger partial charge in [-0.05, 0) is 58.7 Å². The van der Waals surface area contributed by atoms with Crippen molar-refractivity contribution in [2.45, 2.75) is 51.5 Å². The molecule has 0 aliphatic carbocycles. The molecule has 2 aliphatic heterocycles. The Balaban J connectivity index is 1.51. The Kier molecular flexibility index (Phi) is 5.56. The average molecular weight is 460 g/mol. The number of nitrogens with one attached hydrogen (secondary N) is 2. The minimum atomic E-state index is -0.0118. The van der Waals surface area contributed by atoms with E-state index in [1.807, 2.05) is 0 Å². The van der Waals surface area contributed by atoms with Crippen molar-refractivity contribution in [2.75, 3.05) is 17.2 Å². The number of rotatable bonds is 3. The molecule has 1 unspecified atom stereocenters. The number of anilines is 2. The molecule has 1 aromatic heterocycles. The fraction of sp³-hybridized carbons (Fsp3) is 0.281. The Morgan fingerprint density at radius 3 is 2.43 bits per heavy atom. The molecule has 0 saturated heterocycles. The lowest BCUT2D eigenvalue weighted by molar-refractivity contribution is 0.830. The van der Waals surface area contributed by atoms with Crippen molar-refractivity contribution in [3.63, 3.8) is 0 Å². The Morgan fingerprint density at radius 1 is 0.800 bits per heavy atom. The molecule has 35 heavy (non-hydrogen) atoms. The highest BCUT2D eigenvalue weighted by Gasteiger charge is 2.29. The van der Waals surface area contributed by atoms with Crippen LogP contribution in [0, 0.1) is 0 Å². The number of pyridine rings is 1. The van der Waals surface area contributed by atoms with E-state index < -0.39 is 0 Å². The van der Waals surface area contributed by atoms with Crippen LogP contribution in [0.25, 0.3) is 11.3 Å². The molecular weight excluding hydrogens is 426 g/mol. The topological polar surface area (TPSA) is 37.0 Å². The van der Waals surface area contributed by atoms with Crippen LogP contribution in [0.15, 0.2) is 78.9 Å². The first-order valence-corrected chi connectivity index (χ1v) is 12.9. The van der Waals surface area contributed by atoms with E-state index in [0.717, 1.165) is 24.4 Å². The molecule has 3 heterocycles. The summed E-state index contributed by atoms with van der Waals surface area (Å²) >= 11 is 0. The van der Waals surface area contributed by atoms with Gasteiger partial charge in [-0.25, -0.2) is 0 Å². The quantitative estimate of drug-likeness (QED) is 0.327. The monoisotopic (exact) mass is 459 g/mol. The van der Waals surface area contributed by atoms with Crippen LogP contribution >= 0.6 is 0 Å². The third kappa shape index (κ3) is 3.80. The first-order chi connectivity index (χ1) is 17.1. The van der Waals surface area contributed by atoms with Gasteiger partial charge >= 0.3 is 0 Å². The second-order valence-electron chi connectivity index (χ2n) is 10.2. The normalized spacial score (nSPS) is 18.5. The molecule has 0 saturated carbocycles. The van der Waals surface area contributed by atoms with Gasteiger partial charge in [0.05, 0.1) is 17.4 Å². The zero-order valence-electron chi connectivity index (χ0n) is 20.8. The third-order valence-electron chi connectivity index (χ3n) is 7.70. The number of fused-ring (bicyclic) bond motifs is 3. The Labute approximate surface area is 208 Å². The SMILES string of the molecule is CC(C)c1cccc2c1NC(c1cccc(-c3cccc4c3NCCC4)n1)c1ccccc1[C@H]2C. The maximum absolute atomic E-state index is 5.29. The van der Waals surface area contributed by atoms with Crippen molar-refractivity contribution < 1.29 is 0 Å². The highest BCUT2D eigenvalue weighted by atomic mass is 15.0. The molecule has 0 spiro atoms. The Morgan fingerprint density at radius 2 is 1.57 bits per heavy atom. The summed E-state index contributed by atoms with van der Waals surface area (Å²) in [5.74, 6) is 0.749. The van der Waals surface area contributed by atoms with Gasteiger partial charge in [0.1, 0.15) is 0 Å². The van der Waals surface area contributed by atoms with Crippen molar-refractivity contribution in [1.82, 2.24) is 4.98 Å². The molecule has 2 atom stereocenters. The van der Waals surface area contributed by atoms with E-state index in [1.54, 1.807) is 0 Å². The zero-order valence-corrected chi connectivity index (χ0v) is 20.8. The van der Waals surface area contributed by atoms with Gasteiger partial charge in [-0.15, -0.1) is 0 Å². The van der Waals surface area contributed by atoms with Gasteiger partial charge < -0.3 is 10.6 Å². The van der Waals surface area contributed by atoms with Crippen LogP contribution in [0.2, 0.25) is 0 Å². The summed E-state index contributed by atoms with van der Waals surface area (Å²) < 4.78 is 0. The predicted octanol–water partition coefficient (Wildman–Crippen LogP) is 7.90. The largest absolute Gasteiger partial charge is 0.384 e. The van der Waals surface area contributed by atoms with Gasteiger partial charge in [-0.2, -0.15) is 0 Å². The minimum Gasteiger partial charge on any atom is -0.384 e. The van der Waals surface area contributed by atoms with Crippen LogP contribution in [0.1, 0.15) is 78.6 Å². The summed E-state index contributed by atoms with van der Waals surface area (Å²) in [6.07, 6.45) is 2.31. The van der Waals surface area contributed by atoms with E-state index in [9.17, 15) is 0 Å². The highest BCUT2D eigenvalue weighted by molar-refractivity contribution is 5.79. The van der Waals surface area contributed by atoms with E-state index >= 15 is 0 Å². The lowest BCUT2D eigenvalue weighted by Crippen LogP contribution is -2.16. The molecule has 6 rings (SSSR count). The van der Waals surface area contributed by atoms with Gasteiger partial charge in [0.15, 0.2) is 0 Å². The van der Waals surface area contributed by atoms with Gasteiger partial charge in [-0.1, -0.05) is 87.5 Å². The first-order valence-electron chi connectivity index (χ1n) is 12.9. The first kappa shape index (κ1) is 21.9. The summed E-state index contributed by atoms with van der Waals surface area (Å²) in [4.78, 5) is 5.29. The number of para-hydroxylation sites is 2. The van der Waals surface area contributed by atoms with Crippen LogP contribution in [0.5, 0.6) is 0 Å². The molecule has 2 N–H and O–H groups in total. The van der Waals surface area contributed by atoms with Gasteiger partial charge in [0, 0.05) is 29.4 Å². The van der Waals surface area contributed by atoms with Crippen LogP contribution in [0.3, 0.4) is 0 Å². The van der Waals surface area contributed by atoms with Crippen molar-refractivity contribution in [3.05, 3.63) is 112 Å². The molecular formula is C32H33N3. The van der Waals surface area contributed by atoms with Gasteiger partial charge in [0.25, 0.3) is 0 Å². The molecule has 0 bridgehead atoms. The molecule has 3 aromatic carbocycles. The Bertz CT molecular complexity index is 1390. The summed E-state index contributed by atoms with van der Waals surface area (Å²) in [5.41, 5.74) is 12.6. The fourth-order valence-electron chi connectivity index (χ4n) is 5.87. The fourth-order valence-corrected chi connectivity index (χ4v) is 5.87. The van der Waals surface area contributed by atoms with Crippen LogP contribution in [0.4, 0.5) is 11.4 Å². The van der Waals surface area contributed by atoms with Gasteiger partial charge in [0.2, 0.25) is 0 Å². The lowest BCUT2D eigenvalue weighted by atomic mass is 9.86. The number of aryl methyl sites for hydroxylation is 1. The number of benzene rings is 3. The number of nitrogens with zero attached hydrogens (tertiary/aromatic N) is 1. The van der Waals surface area contributed by atoms with Crippen molar-refractivity contribution in [2.24, 2.45) is 0 Å². The van der Waals surface area contributed by atoms with E-state index in [-0.39, 0.29) is 6.04 Å². The van der Waals surface area contributed by atoms with Crippen molar-refractivity contribution >= 4 is 11.4 Å². The molecule has 3 heteroatoms.